The fourth-order valence-corrected chi connectivity index (χ4v) is 1.09. The number of alkyl halides is 3. The Morgan fingerprint density at radius 1 is 1.21 bits per heavy atom. The molecular formula is C9H8F4O. The molecule has 0 aliphatic heterocycles. The molecule has 0 fully saturated rings. The molecule has 1 N–H and O–H groups in total. The lowest BCUT2D eigenvalue weighted by Crippen LogP contribution is -2.11. The summed E-state index contributed by atoms with van der Waals surface area (Å²) in [5.74, 6) is -0.696. The third-order valence-corrected chi connectivity index (χ3v) is 1.69. The molecule has 0 aliphatic carbocycles. The van der Waals surface area contributed by atoms with Crippen molar-refractivity contribution >= 4 is 0 Å². The van der Waals surface area contributed by atoms with Crippen molar-refractivity contribution in [3.05, 3.63) is 35.1 Å². The lowest BCUT2D eigenvalue weighted by molar-refractivity contribution is -0.127. The van der Waals surface area contributed by atoms with Crippen LogP contribution in [-0.4, -0.2) is 11.3 Å². The van der Waals surface area contributed by atoms with Gasteiger partial charge in [-0.05, 0) is 11.6 Å². The van der Waals surface area contributed by atoms with Gasteiger partial charge in [-0.3, -0.25) is 0 Å². The SMILES string of the molecule is OCc1cc(CC(F)(F)F)ccc1F. The molecule has 0 radical (unpaired) electrons. The average molecular weight is 208 g/mol. The van der Waals surface area contributed by atoms with E-state index in [1.54, 1.807) is 0 Å². The summed E-state index contributed by atoms with van der Waals surface area (Å²) in [6.45, 7) is -0.600. The molecule has 1 rings (SSSR count). The molecule has 0 aliphatic rings. The van der Waals surface area contributed by atoms with Gasteiger partial charge in [0.1, 0.15) is 5.82 Å². The molecule has 5 heteroatoms. The molecule has 0 unspecified atom stereocenters. The molecule has 1 aromatic carbocycles. The first-order chi connectivity index (χ1) is 6.42. The summed E-state index contributed by atoms with van der Waals surface area (Å²) in [5, 5.41) is 8.62. The highest BCUT2D eigenvalue weighted by Crippen LogP contribution is 2.22. The number of halogens is 4. The van der Waals surface area contributed by atoms with E-state index in [-0.39, 0.29) is 11.1 Å². The standard InChI is InChI=1S/C9H8F4O/c10-8-2-1-6(3-7(8)5-14)4-9(11,12)13/h1-3,14H,4-5H2. The first-order valence-corrected chi connectivity index (χ1v) is 3.87. The molecule has 0 saturated carbocycles. The topological polar surface area (TPSA) is 20.2 Å². The van der Waals surface area contributed by atoms with Crippen LogP contribution in [0, 0.1) is 5.82 Å². The highest BCUT2D eigenvalue weighted by atomic mass is 19.4. The van der Waals surface area contributed by atoms with E-state index in [2.05, 4.69) is 0 Å². The maximum absolute atomic E-state index is 12.8. The molecule has 0 heterocycles. The van der Waals surface area contributed by atoms with Crippen molar-refractivity contribution in [2.75, 3.05) is 0 Å². The molecular weight excluding hydrogens is 200 g/mol. The van der Waals surface area contributed by atoms with Crippen LogP contribution in [0.3, 0.4) is 0 Å². The Labute approximate surface area is 78.0 Å². The van der Waals surface area contributed by atoms with Gasteiger partial charge >= 0.3 is 6.18 Å². The van der Waals surface area contributed by atoms with E-state index in [1.807, 2.05) is 0 Å². The van der Waals surface area contributed by atoms with Gasteiger partial charge in [0.05, 0.1) is 13.0 Å². The van der Waals surface area contributed by atoms with Crippen LogP contribution >= 0.6 is 0 Å². The first kappa shape index (κ1) is 11.0. The second-order valence-corrected chi connectivity index (χ2v) is 2.88. The van der Waals surface area contributed by atoms with Crippen molar-refractivity contribution in [1.29, 1.82) is 0 Å². The summed E-state index contributed by atoms with van der Waals surface area (Å²) in [6, 6.07) is 3.00. The number of aliphatic hydroxyl groups is 1. The highest BCUT2D eigenvalue weighted by molar-refractivity contribution is 5.25. The van der Waals surface area contributed by atoms with Crippen LogP contribution in [0.25, 0.3) is 0 Å². The van der Waals surface area contributed by atoms with Gasteiger partial charge in [-0.2, -0.15) is 13.2 Å². The monoisotopic (exact) mass is 208 g/mol. The Kier molecular flexibility index (Phi) is 3.10. The summed E-state index contributed by atoms with van der Waals surface area (Å²) >= 11 is 0. The zero-order valence-electron chi connectivity index (χ0n) is 7.11. The highest BCUT2D eigenvalue weighted by Gasteiger charge is 2.27. The largest absolute Gasteiger partial charge is 0.393 e. The van der Waals surface area contributed by atoms with Gasteiger partial charge in [0.15, 0.2) is 0 Å². The van der Waals surface area contributed by atoms with Gasteiger partial charge in [0, 0.05) is 5.56 Å². The predicted octanol–water partition coefficient (Wildman–Crippen LogP) is 2.42. The van der Waals surface area contributed by atoms with Crippen molar-refractivity contribution in [2.45, 2.75) is 19.2 Å². The molecule has 0 aromatic heterocycles. The molecule has 0 bridgehead atoms. The molecule has 0 spiro atoms. The van der Waals surface area contributed by atoms with E-state index in [4.69, 9.17) is 5.11 Å². The average Bonchev–Trinajstić information content (AvgIpc) is 2.06. The van der Waals surface area contributed by atoms with Gasteiger partial charge in [-0.15, -0.1) is 0 Å². The van der Waals surface area contributed by atoms with E-state index >= 15 is 0 Å². The number of hydrogen-bond acceptors (Lipinski definition) is 1. The molecule has 0 saturated heterocycles. The third kappa shape index (κ3) is 2.99. The Morgan fingerprint density at radius 3 is 2.36 bits per heavy atom. The summed E-state index contributed by atoms with van der Waals surface area (Å²) in [7, 11) is 0. The zero-order chi connectivity index (χ0) is 10.8. The summed E-state index contributed by atoms with van der Waals surface area (Å²) in [5.41, 5.74) is -0.172. The van der Waals surface area contributed by atoms with Gasteiger partial charge in [0.25, 0.3) is 0 Å². The maximum Gasteiger partial charge on any atom is 0.393 e. The normalized spacial score (nSPS) is 11.8. The zero-order valence-corrected chi connectivity index (χ0v) is 7.11. The minimum atomic E-state index is -4.31. The Balaban J connectivity index is 2.90. The van der Waals surface area contributed by atoms with Crippen molar-refractivity contribution in [3.8, 4) is 0 Å². The summed E-state index contributed by atoms with van der Waals surface area (Å²) in [4.78, 5) is 0. The van der Waals surface area contributed by atoms with Crippen molar-refractivity contribution in [1.82, 2.24) is 0 Å². The van der Waals surface area contributed by atoms with Crippen molar-refractivity contribution < 1.29 is 22.7 Å². The molecule has 1 nitrogen and oxygen atoms in total. The van der Waals surface area contributed by atoms with Crippen LogP contribution in [0.4, 0.5) is 17.6 Å². The lowest BCUT2D eigenvalue weighted by Gasteiger charge is -2.07. The van der Waals surface area contributed by atoms with Gasteiger partial charge < -0.3 is 5.11 Å². The van der Waals surface area contributed by atoms with E-state index in [1.165, 1.54) is 0 Å². The fourth-order valence-electron chi connectivity index (χ4n) is 1.09. The summed E-state index contributed by atoms with van der Waals surface area (Å²) < 4.78 is 48.5. The first-order valence-electron chi connectivity index (χ1n) is 3.87. The third-order valence-electron chi connectivity index (χ3n) is 1.69. The van der Waals surface area contributed by atoms with Crippen molar-refractivity contribution in [2.24, 2.45) is 0 Å². The predicted molar refractivity (Wildman–Crippen MR) is 42.1 cm³/mol. The smallest absolute Gasteiger partial charge is 0.392 e. The van der Waals surface area contributed by atoms with Crippen LogP contribution < -0.4 is 0 Å². The van der Waals surface area contributed by atoms with E-state index in [9.17, 15) is 17.6 Å². The fraction of sp³-hybridized carbons (Fsp3) is 0.333. The Bertz CT molecular complexity index is 319. The molecule has 14 heavy (non-hydrogen) atoms. The second-order valence-electron chi connectivity index (χ2n) is 2.88. The number of aliphatic hydroxyl groups excluding tert-OH is 1. The van der Waals surface area contributed by atoms with Crippen LogP contribution in [0.5, 0.6) is 0 Å². The molecule has 0 atom stereocenters. The van der Waals surface area contributed by atoms with Gasteiger partial charge in [-0.25, -0.2) is 4.39 Å². The minimum absolute atomic E-state index is 0.0528. The lowest BCUT2D eigenvalue weighted by atomic mass is 10.1. The van der Waals surface area contributed by atoms with E-state index in [0.29, 0.717) is 0 Å². The number of rotatable bonds is 2. The van der Waals surface area contributed by atoms with E-state index < -0.39 is 25.0 Å². The van der Waals surface area contributed by atoms with E-state index in [0.717, 1.165) is 18.2 Å². The molecule has 1 aromatic rings. The quantitative estimate of drug-likeness (QED) is 0.740. The van der Waals surface area contributed by atoms with Crippen molar-refractivity contribution in [3.63, 3.8) is 0 Å². The Hall–Kier alpha value is -1.10. The molecule has 78 valence electrons. The number of benzene rings is 1. The van der Waals surface area contributed by atoms with Crippen LogP contribution in [0.1, 0.15) is 11.1 Å². The Morgan fingerprint density at radius 2 is 1.86 bits per heavy atom. The minimum Gasteiger partial charge on any atom is -0.392 e. The van der Waals surface area contributed by atoms with Crippen LogP contribution in [0.2, 0.25) is 0 Å². The van der Waals surface area contributed by atoms with Crippen LogP contribution in [0.15, 0.2) is 18.2 Å². The molecule has 0 amide bonds. The summed E-state index contributed by atoms with van der Waals surface area (Å²) in [6.07, 6.45) is -5.43. The number of hydrogen-bond donors (Lipinski definition) is 1. The second kappa shape index (κ2) is 3.96. The van der Waals surface area contributed by atoms with Gasteiger partial charge in [0.2, 0.25) is 0 Å². The maximum atomic E-state index is 12.8. The van der Waals surface area contributed by atoms with Crippen LogP contribution in [-0.2, 0) is 13.0 Å². The van der Waals surface area contributed by atoms with Gasteiger partial charge in [-0.1, -0.05) is 12.1 Å².